The zero-order valence-electron chi connectivity index (χ0n) is 15.6. The van der Waals surface area contributed by atoms with Crippen LogP contribution in [0.2, 0.25) is 10.0 Å². The molecule has 150 valence electrons. The molecule has 1 aliphatic heterocycles. The molecular formula is C20H23Cl2N3O3. The average molecular weight is 424 g/mol. The number of ketones is 1. The van der Waals surface area contributed by atoms with E-state index in [4.69, 9.17) is 33.7 Å². The quantitative estimate of drug-likeness (QED) is 0.693. The van der Waals surface area contributed by atoms with Crippen LogP contribution in [0.4, 0.5) is 5.69 Å². The van der Waals surface area contributed by atoms with Crippen LogP contribution in [0.5, 0.6) is 11.5 Å². The van der Waals surface area contributed by atoms with Gasteiger partial charge in [-0.2, -0.15) is 0 Å². The van der Waals surface area contributed by atoms with E-state index in [1.54, 1.807) is 12.1 Å². The van der Waals surface area contributed by atoms with Gasteiger partial charge in [0.2, 0.25) is 0 Å². The van der Waals surface area contributed by atoms with Gasteiger partial charge in [0, 0.05) is 38.2 Å². The van der Waals surface area contributed by atoms with E-state index in [2.05, 4.69) is 9.80 Å². The molecule has 1 heterocycles. The van der Waals surface area contributed by atoms with Gasteiger partial charge in [-0.15, -0.1) is 0 Å². The van der Waals surface area contributed by atoms with E-state index < -0.39 is 0 Å². The molecule has 3 rings (SSSR count). The number of halogens is 2. The number of rotatable bonds is 6. The van der Waals surface area contributed by atoms with Crippen molar-refractivity contribution in [2.75, 3.05) is 38.2 Å². The molecule has 0 radical (unpaired) electrons. The number of Topliss-reactive ketones (excluding diaryl/α,β-unsaturated/α-hetero) is 1. The average Bonchev–Trinajstić information content (AvgIpc) is 2.70. The van der Waals surface area contributed by atoms with Gasteiger partial charge in [-0.05, 0) is 30.3 Å². The van der Waals surface area contributed by atoms with Gasteiger partial charge in [0.25, 0.3) is 0 Å². The molecule has 0 aromatic heterocycles. The summed E-state index contributed by atoms with van der Waals surface area (Å²) in [7, 11) is 1.45. The fourth-order valence-corrected chi connectivity index (χ4v) is 3.73. The Labute approximate surface area is 174 Å². The van der Waals surface area contributed by atoms with Crippen LogP contribution in [-0.2, 0) is 0 Å². The molecule has 3 N–H and O–H groups in total. The van der Waals surface area contributed by atoms with Crippen molar-refractivity contribution in [3.05, 3.63) is 52.0 Å². The second-order valence-electron chi connectivity index (χ2n) is 6.68. The van der Waals surface area contributed by atoms with Crippen LogP contribution in [0.25, 0.3) is 0 Å². The van der Waals surface area contributed by atoms with E-state index in [1.807, 2.05) is 12.1 Å². The Balaban J connectivity index is 1.58. The van der Waals surface area contributed by atoms with Crippen LogP contribution in [-0.4, -0.2) is 55.2 Å². The van der Waals surface area contributed by atoms with Crippen LogP contribution < -0.4 is 15.4 Å². The molecule has 2 aromatic rings. The Morgan fingerprint density at radius 1 is 1.21 bits per heavy atom. The van der Waals surface area contributed by atoms with E-state index in [0.29, 0.717) is 15.6 Å². The highest BCUT2D eigenvalue weighted by Gasteiger charge is 2.25. The SMILES string of the molecule is COc1cc(C(=O)CC(N)N2CCN(c3cccc(Cl)c3Cl)CC2)ccc1O. The number of nitrogens with two attached hydrogens (primary N) is 1. The van der Waals surface area contributed by atoms with Gasteiger partial charge in [-0.25, -0.2) is 0 Å². The van der Waals surface area contributed by atoms with Crippen LogP contribution in [0.3, 0.4) is 0 Å². The van der Waals surface area contributed by atoms with E-state index in [9.17, 15) is 9.90 Å². The largest absolute Gasteiger partial charge is 0.504 e. The van der Waals surface area contributed by atoms with Crippen molar-refractivity contribution in [1.29, 1.82) is 0 Å². The molecule has 1 atom stereocenters. The second-order valence-corrected chi connectivity index (χ2v) is 7.46. The van der Waals surface area contributed by atoms with Crippen molar-refractivity contribution in [2.24, 2.45) is 5.73 Å². The minimum Gasteiger partial charge on any atom is -0.504 e. The predicted octanol–water partition coefficient (Wildman–Crippen LogP) is 3.39. The van der Waals surface area contributed by atoms with E-state index in [0.717, 1.165) is 31.9 Å². The molecule has 0 bridgehead atoms. The first kappa shape index (κ1) is 20.7. The van der Waals surface area contributed by atoms with Crippen molar-refractivity contribution >= 4 is 34.7 Å². The summed E-state index contributed by atoms with van der Waals surface area (Å²) in [6, 6.07) is 10.2. The van der Waals surface area contributed by atoms with E-state index in [-0.39, 0.29) is 29.9 Å². The topological polar surface area (TPSA) is 79.0 Å². The van der Waals surface area contributed by atoms with Crippen molar-refractivity contribution in [1.82, 2.24) is 4.90 Å². The maximum atomic E-state index is 12.6. The Kier molecular flexibility index (Phi) is 6.67. The Bertz CT molecular complexity index is 855. The first-order valence-electron chi connectivity index (χ1n) is 8.99. The lowest BCUT2D eigenvalue weighted by Crippen LogP contribution is -2.54. The third-order valence-electron chi connectivity index (χ3n) is 4.95. The molecule has 0 amide bonds. The van der Waals surface area contributed by atoms with E-state index in [1.165, 1.54) is 19.2 Å². The number of phenolic OH excluding ortho intramolecular Hbond substituents is 1. The molecule has 1 saturated heterocycles. The van der Waals surface area contributed by atoms with Gasteiger partial charge in [0.1, 0.15) is 0 Å². The first-order valence-corrected chi connectivity index (χ1v) is 9.75. The fraction of sp³-hybridized carbons (Fsp3) is 0.350. The highest BCUT2D eigenvalue weighted by Crippen LogP contribution is 2.33. The van der Waals surface area contributed by atoms with Crippen LogP contribution in [0.15, 0.2) is 36.4 Å². The lowest BCUT2D eigenvalue weighted by molar-refractivity contribution is 0.0915. The van der Waals surface area contributed by atoms with Crippen LogP contribution in [0, 0.1) is 0 Å². The fourth-order valence-electron chi connectivity index (χ4n) is 3.32. The maximum absolute atomic E-state index is 12.6. The molecule has 0 saturated carbocycles. The number of anilines is 1. The number of phenols is 1. The van der Waals surface area contributed by atoms with E-state index >= 15 is 0 Å². The summed E-state index contributed by atoms with van der Waals surface area (Å²) < 4.78 is 5.06. The number of benzene rings is 2. The molecule has 8 heteroatoms. The molecule has 0 aliphatic carbocycles. The summed E-state index contributed by atoms with van der Waals surface area (Å²) in [6.07, 6.45) is -0.199. The number of nitrogens with zero attached hydrogens (tertiary/aromatic N) is 2. The van der Waals surface area contributed by atoms with Gasteiger partial charge >= 0.3 is 0 Å². The number of aromatic hydroxyl groups is 1. The van der Waals surface area contributed by atoms with Crippen molar-refractivity contribution in [3.63, 3.8) is 0 Å². The minimum atomic E-state index is -0.385. The number of carbonyl (C=O) groups is 1. The summed E-state index contributed by atoms with van der Waals surface area (Å²) >= 11 is 12.4. The zero-order chi connectivity index (χ0) is 20.3. The summed E-state index contributed by atoms with van der Waals surface area (Å²) in [6.45, 7) is 2.93. The number of methoxy groups -OCH3 is 1. The van der Waals surface area contributed by atoms with Crippen LogP contribution in [0.1, 0.15) is 16.8 Å². The Morgan fingerprint density at radius 2 is 1.93 bits per heavy atom. The molecule has 1 fully saturated rings. The molecule has 6 nitrogen and oxygen atoms in total. The monoisotopic (exact) mass is 423 g/mol. The number of hydrogen-bond acceptors (Lipinski definition) is 6. The van der Waals surface area contributed by atoms with Gasteiger partial charge in [-0.1, -0.05) is 29.3 Å². The summed E-state index contributed by atoms with van der Waals surface area (Å²) in [5.41, 5.74) is 7.66. The Morgan fingerprint density at radius 3 is 2.61 bits per heavy atom. The standard InChI is InChI=1S/C20H23Cl2N3O3/c1-28-18-11-13(5-6-16(18)26)17(27)12-19(23)25-9-7-24(8-10-25)15-4-2-3-14(21)20(15)22/h2-6,11,19,26H,7-10,12,23H2,1H3. The molecule has 28 heavy (non-hydrogen) atoms. The van der Waals surface area contributed by atoms with Gasteiger partial charge in [0.05, 0.1) is 29.0 Å². The number of carbonyl (C=O) groups excluding carboxylic acids is 1. The molecule has 1 aliphatic rings. The predicted molar refractivity (Wildman–Crippen MR) is 112 cm³/mol. The summed E-state index contributed by atoms with van der Waals surface area (Å²) in [4.78, 5) is 16.8. The highest BCUT2D eigenvalue weighted by atomic mass is 35.5. The summed E-state index contributed by atoms with van der Waals surface area (Å²) in [5.74, 6) is 0.177. The van der Waals surface area contributed by atoms with Crippen LogP contribution >= 0.6 is 23.2 Å². The third kappa shape index (κ3) is 4.52. The lowest BCUT2D eigenvalue weighted by Gasteiger charge is -2.39. The minimum absolute atomic E-state index is 0.000790. The normalized spacial score (nSPS) is 16.1. The van der Waals surface area contributed by atoms with Gasteiger partial charge in [-0.3, -0.25) is 9.69 Å². The molecule has 2 aromatic carbocycles. The second kappa shape index (κ2) is 9.01. The number of piperazine rings is 1. The van der Waals surface area contributed by atoms with Crippen molar-refractivity contribution in [3.8, 4) is 11.5 Å². The van der Waals surface area contributed by atoms with Gasteiger partial charge < -0.3 is 20.5 Å². The molecule has 1 unspecified atom stereocenters. The smallest absolute Gasteiger partial charge is 0.165 e. The molecule has 0 spiro atoms. The number of hydrogen-bond donors (Lipinski definition) is 2. The maximum Gasteiger partial charge on any atom is 0.165 e. The lowest BCUT2D eigenvalue weighted by atomic mass is 10.1. The summed E-state index contributed by atoms with van der Waals surface area (Å²) in [5, 5.41) is 10.8. The first-order chi connectivity index (χ1) is 13.4. The highest BCUT2D eigenvalue weighted by molar-refractivity contribution is 6.43. The Hall–Kier alpha value is -1.99. The van der Waals surface area contributed by atoms with Gasteiger partial charge in [0.15, 0.2) is 17.3 Å². The zero-order valence-corrected chi connectivity index (χ0v) is 17.1. The number of ether oxygens (including phenoxy) is 1. The van der Waals surface area contributed by atoms with Crippen molar-refractivity contribution < 1.29 is 14.6 Å². The van der Waals surface area contributed by atoms with Crippen molar-refractivity contribution in [2.45, 2.75) is 12.6 Å². The molecular weight excluding hydrogens is 401 g/mol. The third-order valence-corrected chi connectivity index (χ3v) is 5.76.